The van der Waals surface area contributed by atoms with Gasteiger partial charge >= 0.3 is 6.09 Å². The first-order valence-corrected chi connectivity index (χ1v) is 9.04. The summed E-state index contributed by atoms with van der Waals surface area (Å²) in [6.45, 7) is 8.74. The molecule has 1 amide bonds. The van der Waals surface area contributed by atoms with Crippen LogP contribution in [0.5, 0.6) is 5.75 Å². The number of nitrogens with zero attached hydrogens (tertiary/aromatic N) is 2. The zero-order valence-corrected chi connectivity index (χ0v) is 16.7. The van der Waals surface area contributed by atoms with Crippen molar-refractivity contribution in [3.8, 4) is 16.9 Å². The molecule has 0 radical (unpaired) electrons. The van der Waals surface area contributed by atoms with E-state index in [-0.39, 0.29) is 5.54 Å². The summed E-state index contributed by atoms with van der Waals surface area (Å²) in [5, 5.41) is 9.12. The molecule has 27 heavy (non-hydrogen) atoms. The van der Waals surface area contributed by atoms with Gasteiger partial charge in [-0.05, 0) is 67.1 Å². The predicted molar refractivity (Wildman–Crippen MR) is 108 cm³/mol. The minimum atomic E-state index is -1.05. The van der Waals surface area contributed by atoms with Gasteiger partial charge in [-0.2, -0.15) is 0 Å². The first-order valence-electron chi connectivity index (χ1n) is 9.04. The van der Waals surface area contributed by atoms with Crippen LogP contribution in [0, 0.1) is 12.8 Å². The van der Waals surface area contributed by atoms with E-state index in [2.05, 4.69) is 18.8 Å². The number of nitrogens with two attached hydrogens (primary N) is 1. The molecule has 1 atom stereocenters. The van der Waals surface area contributed by atoms with Gasteiger partial charge < -0.3 is 15.6 Å². The molecule has 2 rings (SSSR count). The standard InChI is InChI=1S/C21H29N3O3/c1-14(2)12-21(4,22)13-27-18-7-6-16(10-15(18)3)17-8-9-23-19(11-17)24(5)20(25)26/h6-11,14H,12-13,22H2,1-5H3,(H,25,26). The second kappa shape index (κ2) is 8.39. The Kier molecular flexibility index (Phi) is 6.44. The molecule has 0 saturated carbocycles. The summed E-state index contributed by atoms with van der Waals surface area (Å²) in [4.78, 5) is 16.3. The maximum atomic E-state index is 11.1. The van der Waals surface area contributed by atoms with Crippen molar-refractivity contribution in [2.24, 2.45) is 11.7 Å². The average Bonchev–Trinajstić information content (AvgIpc) is 2.59. The minimum Gasteiger partial charge on any atom is -0.491 e. The van der Waals surface area contributed by atoms with Crippen molar-refractivity contribution < 1.29 is 14.6 Å². The smallest absolute Gasteiger partial charge is 0.412 e. The highest BCUT2D eigenvalue weighted by Crippen LogP contribution is 2.28. The van der Waals surface area contributed by atoms with E-state index in [4.69, 9.17) is 15.6 Å². The fraction of sp³-hybridized carbons (Fsp3) is 0.429. The first-order chi connectivity index (χ1) is 12.6. The molecule has 0 fully saturated rings. The Morgan fingerprint density at radius 2 is 1.96 bits per heavy atom. The lowest BCUT2D eigenvalue weighted by Gasteiger charge is -2.27. The second-order valence-electron chi connectivity index (χ2n) is 7.77. The molecule has 0 aliphatic heterocycles. The largest absolute Gasteiger partial charge is 0.491 e. The lowest BCUT2D eigenvalue weighted by atomic mass is 9.93. The molecule has 1 heterocycles. The zero-order chi connectivity index (χ0) is 20.2. The van der Waals surface area contributed by atoms with Crippen molar-refractivity contribution in [1.82, 2.24) is 4.98 Å². The van der Waals surface area contributed by atoms with E-state index in [1.54, 1.807) is 12.3 Å². The molecular weight excluding hydrogens is 342 g/mol. The minimum absolute atomic E-state index is 0.374. The molecule has 6 heteroatoms. The number of rotatable bonds is 7. The Morgan fingerprint density at radius 3 is 2.56 bits per heavy atom. The fourth-order valence-electron chi connectivity index (χ4n) is 3.10. The third kappa shape index (κ3) is 5.69. The van der Waals surface area contributed by atoms with Crippen molar-refractivity contribution in [3.63, 3.8) is 0 Å². The maximum absolute atomic E-state index is 11.1. The summed E-state index contributed by atoms with van der Waals surface area (Å²) in [5.41, 5.74) is 8.81. The summed E-state index contributed by atoms with van der Waals surface area (Å²) in [6.07, 6.45) is 1.45. The Morgan fingerprint density at radius 1 is 1.30 bits per heavy atom. The summed E-state index contributed by atoms with van der Waals surface area (Å²) < 4.78 is 5.96. The van der Waals surface area contributed by atoms with E-state index in [0.29, 0.717) is 18.3 Å². The number of aromatic nitrogens is 1. The molecule has 0 bridgehead atoms. The number of aryl methyl sites for hydroxylation is 1. The van der Waals surface area contributed by atoms with E-state index >= 15 is 0 Å². The van der Waals surface area contributed by atoms with E-state index < -0.39 is 6.09 Å². The van der Waals surface area contributed by atoms with Crippen LogP contribution in [0.1, 0.15) is 32.8 Å². The highest BCUT2D eigenvalue weighted by atomic mass is 16.5. The van der Waals surface area contributed by atoms with Crippen molar-refractivity contribution in [2.75, 3.05) is 18.6 Å². The lowest BCUT2D eigenvalue weighted by molar-refractivity contribution is 0.203. The topological polar surface area (TPSA) is 88.7 Å². The average molecular weight is 371 g/mol. The van der Waals surface area contributed by atoms with Gasteiger partial charge in [0.05, 0.1) is 0 Å². The molecule has 2 aromatic rings. The number of pyridine rings is 1. The van der Waals surface area contributed by atoms with Gasteiger partial charge in [0.15, 0.2) is 0 Å². The Balaban J connectivity index is 2.17. The maximum Gasteiger partial charge on any atom is 0.412 e. The molecular formula is C21H29N3O3. The van der Waals surface area contributed by atoms with Gasteiger partial charge in [0, 0.05) is 18.8 Å². The van der Waals surface area contributed by atoms with Crippen LogP contribution in [-0.4, -0.2) is 35.4 Å². The van der Waals surface area contributed by atoms with Crippen LogP contribution < -0.4 is 15.4 Å². The molecule has 1 aromatic carbocycles. The van der Waals surface area contributed by atoms with Gasteiger partial charge in [-0.15, -0.1) is 0 Å². The number of amides is 1. The number of hydrogen-bond donors (Lipinski definition) is 2. The molecule has 0 saturated heterocycles. The highest BCUT2D eigenvalue weighted by molar-refractivity contribution is 5.85. The van der Waals surface area contributed by atoms with Gasteiger partial charge in [0.25, 0.3) is 0 Å². The van der Waals surface area contributed by atoms with Crippen molar-refractivity contribution in [2.45, 2.75) is 39.7 Å². The van der Waals surface area contributed by atoms with E-state index in [1.165, 1.54) is 7.05 Å². The molecule has 6 nitrogen and oxygen atoms in total. The third-order valence-corrected chi connectivity index (χ3v) is 4.32. The molecule has 1 aromatic heterocycles. The fourth-order valence-corrected chi connectivity index (χ4v) is 3.10. The van der Waals surface area contributed by atoms with E-state index in [9.17, 15) is 4.79 Å². The number of hydrogen-bond acceptors (Lipinski definition) is 4. The number of carboxylic acid groups (broad SMARTS) is 1. The van der Waals surface area contributed by atoms with Crippen molar-refractivity contribution >= 4 is 11.9 Å². The van der Waals surface area contributed by atoms with Gasteiger partial charge in [-0.25, -0.2) is 9.78 Å². The Labute approximate surface area is 161 Å². The number of ether oxygens (including phenoxy) is 1. The van der Waals surface area contributed by atoms with Crippen LogP contribution in [0.2, 0.25) is 0 Å². The number of benzene rings is 1. The third-order valence-electron chi connectivity index (χ3n) is 4.32. The summed E-state index contributed by atoms with van der Waals surface area (Å²) in [7, 11) is 1.47. The summed E-state index contributed by atoms with van der Waals surface area (Å²) in [5.74, 6) is 1.69. The number of carbonyl (C=O) groups is 1. The lowest BCUT2D eigenvalue weighted by Crippen LogP contribution is -2.43. The van der Waals surface area contributed by atoms with Crippen molar-refractivity contribution in [1.29, 1.82) is 0 Å². The van der Waals surface area contributed by atoms with Gasteiger partial charge in [-0.3, -0.25) is 4.90 Å². The second-order valence-corrected chi connectivity index (χ2v) is 7.77. The van der Waals surface area contributed by atoms with Crippen LogP contribution in [0.25, 0.3) is 11.1 Å². The zero-order valence-electron chi connectivity index (χ0n) is 16.7. The predicted octanol–water partition coefficient (Wildman–Crippen LogP) is 4.31. The monoisotopic (exact) mass is 371 g/mol. The Hall–Kier alpha value is -2.60. The van der Waals surface area contributed by atoms with Gasteiger partial charge in [0.2, 0.25) is 0 Å². The molecule has 1 unspecified atom stereocenters. The van der Waals surface area contributed by atoms with Crippen LogP contribution in [0.4, 0.5) is 10.6 Å². The van der Waals surface area contributed by atoms with Gasteiger partial charge in [0.1, 0.15) is 18.2 Å². The SMILES string of the molecule is Cc1cc(-c2ccnc(N(C)C(=O)O)c2)ccc1OCC(C)(N)CC(C)C. The molecule has 0 spiro atoms. The normalized spacial score (nSPS) is 13.3. The number of anilines is 1. The summed E-state index contributed by atoms with van der Waals surface area (Å²) in [6, 6.07) is 9.51. The molecule has 0 aliphatic carbocycles. The summed E-state index contributed by atoms with van der Waals surface area (Å²) >= 11 is 0. The van der Waals surface area contributed by atoms with Crippen LogP contribution in [0.15, 0.2) is 36.5 Å². The van der Waals surface area contributed by atoms with Crippen LogP contribution >= 0.6 is 0 Å². The molecule has 146 valence electrons. The molecule has 0 aliphatic rings. The van der Waals surface area contributed by atoms with Crippen LogP contribution in [-0.2, 0) is 0 Å². The van der Waals surface area contributed by atoms with E-state index in [0.717, 1.165) is 33.8 Å². The van der Waals surface area contributed by atoms with Crippen LogP contribution in [0.3, 0.4) is 0 Å². The van der Waals surface area contributed by atoms with Gasteiger partial charge in [-0.1, -0.05) is 19.9 Å². The highest BCUT2D eigenvalue weighted by Gasteiger charge is 2.21. The first kappa shape index (κ1) is 20.7. The quantitative estimate of drug-likeness (QED) is 0.757. The van der Waals surface area contributed by atoms with Crippen molar-refractivity contribution in [3.05, 3.63) is 42.1 Å². The van der Waals surface area contributed by atoms with E-state index in [1.807, 2.05) is 38.1 Å². The molecule has 3 N–H and O–H groups in total. The Bertz CT molecular complexity index is 803.